The molecule has 7 nitrogen and oxygen atoms in total. The van der Waals surface area contributed by atoms with Gasteiger partial charge in [-0.15, -0.1) is 0 Å². The Balaban J connectivity index is 1.46. The van der Waals surface area contributed by atoms with Crippen molar-refractivity contribution in [2.75, 3.05) is 13.1 Å². The number of aryl methyl sites for hydroxylation is 2. The van der Waals surface area contributed by atoms with Crippen LogP contribution in [0.1, 0.15) is 55.7 Å². The number of aromatic nitrogens is 1. The van der Waals surface area contributed by atoms with E-state index in [1.54, 1.807) is 13.8 Å². The lowest BCUT2D eigenvalue weighted by molar-refractivity contribution is -0.139. The van der Waals surface area contributed by atoms with Crippen LogP contribution < -0.4 is 0 Å². The number of carbonyl (C=O) groups is 1. The van der Waals surface area contributed by atoms with E-state index in [2.05, 4.69) is 12.1 Å². The Morgan fingerprint density at radius 2 is 1.77 bits per heavy atom. The van der Waals surface area contributed by atoms with Gasteiger partial charge in [-0.25, -0.2) is 8.42 Å². The van der Waals surface area contributed by atoms with Gasteiger partial charge in [0.1, 0.15) is 10.6 Å². The Labute approximate surface area is 188 Å². The topological polar surface area (TPSA) is 83.7 Å². The molecule has 1 saturated heterocycles. The van der Waals surface area contributed by atoms with E-state index < -0.39 is 10.0 Å². The zero-order chi connectivity index (χ0) is 22.3. The maximum Gasteiger partial charge on any atom is 0.248 e. The van der Waals surface area contributed by atoms with Crippen molar-refractivity contribution in [3.05, 3.63) is 46.3 Å². The summed E-state index contributed by atoms with van der Waals surface area (Å²) in [5.41, 5.74) is 1.43. The maximum atomic E-state index is 13.5. The molecule has 2 heterocycles. The van der Waals surface area contributed by atoms with E-state index in [1.165, 1.54) is 4.31 Å². The van der Waals surface area contributed by atoms with E-state index in [1.807, 2.05) is 29.2 Å². The van der Waals surface area contributed by atoms with Gasteiger partial charge in [0.25, 0.3) is 0 Å². The third kappa shape index (κ3) is 4.38. The summed E-state index contributed by atoms with van der Waals surface area (Å²) in [5, 5.41) is 4.45. The first-order valence-electron chi connectivity index (χ1n) is 10.7. The van der Waals surface area contributed by atoms with Gasteiger partial charge < -0.3 is 9.42 Å². The fraction of sp³-hybridized carbons (Fsp3) is 0.545. The number of sulfonamides is 1. The van der Waals surface area contributed by atoms with Gasteiger partial charge in [0.05, 0.1) is 6.04 Å². The molecule has 0 bridgehead atoms. The van der Waals surface area contributed by atoms with E-state index >= 15 is 0 Å². The predicted molar refractivity (Wildman–Crippen MR) is 117 cm³/mol. The summed E-state index contributed by atoms with van der Waals surface area (Å²) in [5.74, 6) is 0.248. The van der Waals surface area contributed by atoms with Crippen LogP contribution in [0, 0.1) is 19.8 Å². The molecule has 1 atom stereocenters. The highest BCUT2D eigenvalue weighted by atomic mass is 35.5. The third-order valence-electron chi connectivity index (χ3n) is 6.33. The molecule has 1 aromatic carbocycles. The second-order valence-electron chi connectivity index (χ2n) is 8.54. The number of nitrogens with zero attached hydrogens (tertiary/aromatic N) is 3. The van der Waals surface area contributed by atoms with Gasteiger partial charge in [-0.3, -0.25) is 4.79 Å². The van der Waals surface area contributed by atoms with E-state index in [0.717, 1.165) is 18.4 Å². The monoisotopic (exact) mass is 465 g/mol. The van der Waals surface area contributed by atoms with Gasteiger partial charge in [0.15, 0.2) is 5.76 Å². The summed E-state index contributed by atoms with van der Waals surface area (Å²) in [4.78, 5) is 15.6. The van der Waals surface area contributed by atoms with Crippen LogP contribution in [0.4, 0.5) is 0 Å². The Morgan fingerprint density at radius 3 is 2.29 bits per heavy atom. The van der Waals surface area contributed by atoms with E-state index in [-0.39, 0.29) is 28.8 Å². The highest BCUT2D eigenvalue weighted by Gasteiger charge is 2.41. The van der Waals surface area contributed by atoms with Crippen molar-refractivity contribution >= 4 is 27.5 Å². The molecule has 2 aliphatic rings. The molecule has 1 aliphatic heterocycles. The van der Waals surface area contributed by atoms with E-state index in [0.29, 0.717) is 42.4 Å². The van der Waals surface area contributed by atoms with Crippen molar-refractivity contribution in [3.63, 3.8) is 0 Å². The standard InChI is InChI=1S/C22H28ClN3O4S/c1-14-21(16(3)30-24-14)31(28,29)25-12-10-18(11-13-25)22(27)26(20-8-9-20)15(2)17-4-6-19(23)7-5-17/h4-7,15,18,20H,8-13H2,1-3H3. The number of amides is 1. The SMILES string of the molecule is Cc1noc(C)c1S(=O)(=O)N1CCC(C(=O)N(C2CC2)C(C)c2ccc(Cl)cc2)CC1. The van der Waals surface area contributed by atoms with Crippen LogP contribution in [0.25, 0.3) is 0 Å². The lowest BCUT2D eigenvalue weighted by atomic mass is 9.95. The van der Waals surface area contributed by atoms with Crippen LogP contribution in [-0.4, -0.2) is 47.8 Å². The van der Waals surface area contributed by atoms with Crippen molar-refractivity contribution in [2.24, 2.45) is 5.92 Å². The maximum absolute atomic E-state index is 13.5. The van der Waals surface area contributed by atoms with Crippen molar-refractivity contribution in [2.45, 2.75) is 63.4 Å². The predicted octanol–water partition coefficient (Wildman–Crippen LogP) is 4.10. The average Bonchev–Trinajstić information content (AvgIpc) is 3.51. The summed E-state index contributed by atoms with van der Waals surface area (Å²) >= 11 is 6.02. The van der Waals surface area contributed by atoms with Gasteiger partial charge >= 0.3 is 0 Å². The van der Waals surface area contributed by atoms with Crippen LogP contribution in [0.2, 0.25) is 5.02 Å². The van der Waals surface area contributed by atoms with Gasteiger partial charge in [0.2, 0.25) is 15.9 Å². The first-order chi connectivity index (χ1) is 14.7. The van der Waals surface area contributed by atoms with Gasteiger partial charge in [-0.1, -0.05) is 28.9 Å². The van der Waals surface area contributed by atoms with Crippen LogP contribution in [0.15, 0.2) is 33.7 Å². The lowest BCUT2D eigenvalue weighted by Gasteiger charge is -2.36. The normalized spacial score (nSPS) is 19.4. The summed E-state index contributed by atoms with van der Waals surface area (Å²) < 4.78 is 32.6. The number of hydrogen-bond donors (Lipinski definition) is 0. The summed E-state index contributed by atoms with van der Waals surface area (Å²) in [7, 11) is -3.68. The molecule has 9 heteroatoms. The van der Waals surface area contributed by atoms with Crippen LogP contribution in [0.3, 0.4) is 0 Å². The highest BCUT2D eigenvalue weighted by Crippen LogP contribution is 2.38. The van der Waals surface area contributed by atoms with Crippen molar-refractivity contribution in [3.8, 4) is 0 Å². The molecule has 2 aromatic rings. The Kier molecular flexibility index (Phi) is 6.16. The molecule has 1 saturated carbocycles. The van der Waals surface area contributed by atoms with Crippen molar-refractivity contribution < 1.29 is 17.7 Å². The van der Waals surface area contributed by atoms with E-state index in [4.69, 9.17) is 16.1 Å². The Bertz CT molecular complexity index is 1040. The number of carbonyl (C=O) groups excluding carboxylic acids is 1. The average molecular weight is 466 g/mol. The molecule has 0 N–H and O–H groups in total. The molecule has 31 heavy (non-hydrogen) atoms. The molecular formula is C22H28ClN3O4S. The molecule has 1 aromatic heterocycles. The Hall–Kier alpha value is -1.90. The molecule has 2 fully saturated rings. The third-order valence-corrected chi connectivity index (χ3v) is 8.73. The first kappa shape index (κ1) is 22.3. The summed E-state index contributed by atoms with van der Waals surface area (Å²) in [6, 6.07) is 7.86. The Morgan fingerprint density at radius 1 is 1.16 bits per heavy atom. The second kappa shape index (κ2) is 8.56. The van der Waals surface area contributed by atoms with Crippen LogP contribution >= 0.6 is 11.6 Å². The molecular weight excluding hydrogens is 438 g/mol. The molecule has 168 valence electrons. The fourth-order valence-electron chi connectivity index (χ4n) is 4.47. The molecule has 1 unspecified atom stereocenters. The minimum atomic E-state index is -3.68. The highest BCUT2D eigenvalue weighted by molar-refractivity contribution is 7.89. The number of benzene rings is 1. The molecule has 4 rings (SSSR count). The minimum absolute atomic E-state index is 0.0404. The van der Waals surface area contributed by atoms with Gasteiger partial charge in [0, 0.05) is 30.1 Å². The molecule has 0 spiro atoms. The van der Waals surface area contributed by atoms with Crippen LogP contribution in [0.5, 0.6) is 0 Å². The minimum Gasteiger partial charge on any atom is -0.360 e. The van der Waals surface area contributed by atoms with Crippen molar-refractivity contribution in [1.82, 2.24) is 14.4 Å². The smallest absolute Gasteiger partial charge is 0.248 e. The zero-order valence-electron chi connectivity index (χ0n) is 18.0. The van der Waals surface area contributed by atoms with E-state index in [9.17, 15) is 13.2 Å². The number of hydrogen-bond acceptors (Lipinski definition) is 5. The molecule has 1 aliphatic carbocycles. The summed E-state index contributed by atoms with van der Waals surface area (Å²) in [6.07, 6.45) is 3.06. The lowest BCUT2D eigenvalue weighted by Crippen LogP contribution is -2.45. The quantitative estimate of drug-likeness (QED) is 0.641. The van der Waals surface area contributed by atoms with Crippen LogP contribution in [-0.2, 0) is 14.8 Å². The second-order valence-corrected chi connectivity index (χ2v) is 10.8. The number of piperidine rings is 1. The zero-order valence-corrected chi connectivity index (χ0v) is 19.6. The molecule has 0 radical (unpaired) electrons. The van der Waals surface area contributed by atoms with Crippen molar-refractivity contribution in [1.29, 1.82) is 0 Å². The first-order valence-corrected chi connectivity index (χ1v) is 12.5. The summed E-state index contributed by atoms with van der Waals surface area (Å²) in [6.45, 7) is 5.92. The van der Waals surface area contributed by atoms with Gasteiger partial charge in [-0.05, 0) is 64.2 Å². The largest absolute Gasteiger partial charge is 0.360 e. The number of rotatable bonds is 6. The number of halogens is 1. The fourth-order valence-corrected chi connectivity index (χ4v) is 6.35. The van der Waals surface area contributed by atoms with Gasteiger partial charge in [-0.2, -0.15) is 4.31 Å². The molecule has 1 amide bonds.